The van der Waals surface area contributed by atoms with Gasteiger partial charge in [-0.2, -0.15) is 0 Å². The Bertz CT molecular complexity index is 1040. The predicted octanol–water partition coefficient (Wildman–Crippen LogP) is 1.61. The minimum atomic E-state index is -3.91. The molecule has 28 heavy (non-hydrogen) atoms. The number of ether oxygens (including phenoxy) is 1. The van der Waals surface area contributed by atoms with E-state index in [1.807, 2.05) is 24.3 Å². The molecule has 0 aromatic heterocycles. The first-order chi connectivity index (χ1) is 13.2. The number of halogens is 1. The fourth-order valence-corrected chi connectivity index (χ4v) is 8.06. The highest BCUT2D eigenvalue weighted by molar-refractivity contribution is 7.96. The predicted molar refractivity (Wildman–Crippen MR) is 105 cm³/mol. The Hall–Kier alpha value is -1.97. The van der Waals surface area contributed by atoms with Crippen LogP contribution in [0.5, 0.6) is 5.75 Å². The van der Waals surface area contributed by atoms with Crippen molar-refractivity contribution >= 4 is 19.7 Å². The van der Waals surface area contributed by atoms with E-state index in [4.69, 9.17) is 4.74 Å². The molecule has 2 atom stereocenters. The molecule has 1 heterocycles. The van der Waals surface area contributed by atoms with Gasteiger partial charge in [-0.25, -0.2) is 21.2 Å². The zero-order chi connectivity index (χ0) is 20.4. The normalized spacial score (nSPS) is 21.5. The van der Waals surface area contributed by atoms with Crippen molar-refractivity contribution in [2.75, 3.05) is 25.2 Å². The molecule has 0 amide bonds. The number of nitrogens with one attached hydrogen (secondary N) is 1. The summed E-state index contributed by atoms with van der Waals surface area (Å²) in [5, 5.41) is 1.98. The molecule has 1 aliphatic rings. The number of methoxy groups -OCH3 is 1. The van der Waals surface area contributed by atoms with Crippen LogP contribution in [0.2, 0.25) is 0 Å². The lowest BCUT2D eigenvalue weighted by atomic mass is 10.1. The van der Waals surface area contributed by atoms with E-state index in [-0.39, 0.29) is 10.6 Å². The van der Waals surface area contributed by atoms with Crippen molar-refractivity contribution in [3.05, 3.63) is 59.9 Å². The zero-order valence-corrected chi connectivity index (χ0v) is 17.0. The van der Waals surface area contributed by atoms with Gasteiger partial charge in [0.1, 0.15) is 11.6 Å². The molecule has 1 aliphatic heterocycles. The Labute approximate surface area is 164 Å². The third-order valence-corrected chi connectivity index (χ3v) is 8.96. The highest BCUT2D eigenvalue weighted by Gasteiger charge is 2.45. The van der Waals surface area contributed by atoms with E-state index in [1.165, 1.54) is 12.1 Å². The smallest absolute Gasteiger partial charge is 0.183 e. The summed E-state index contributed by atoms with van der Waals surface area (Å²) in [7, 11) is -5.82. The summed E-state index contributed by atoms with van der Waals surface area (Å²) >= 11 is 0. The molecule has 9 heteroatoms. The maximum atomic E-state index is 13.1. The van der Waals surface area contributed by atoms with Crippen LogP contribution in [0.15, 0.2) is 53.4 Å². The first kappa shape index (κ1) is 20.8. The lowest BCUT2D eigenvalue weighted by Crippen LogP contribution is -2.44. The van der Waals surface area contributed by atoms with E-state index in [2.05, 4.69) is 5.32 Å². The van der Waals surface area contributed by atoms with Gasteiger partial charge in [-0.05, 0) is 54.9 Å². The van der Waals surface area contributed by atoms with Gasteiger partial charge in [-0.1, -0.05) is 12.1 Å². The summed E-state index contributed by atoms with van der Waals surface area (Å²) in [4.78, 5) is -0.0735. The van der Waals surface area contributed by atoms with E-state index in [9.17, 15) is 21.2 Å². The SMILES string of the molecule is COc1cccc(CCN[C@@H]2CS(=O)(=O)C[C@H]2S(=O)(=O)c2ccc(F)cc2)c1. The van der Waals surface area contributed by atoms with Crippen LogP contribution in [0.25, 0.3) is 0 Å². The first-order valence-corrected chi connectivity index (χ1v) is 12.1. The minimum absolute atomic E-state index is 0.0735. The summed E-state index contributed by atoms with van der Waals surface area (Å²) < 4.78 is 68.4. The molecule has 2 aromatic rings. The fourth-order valence-electron chi connectivity index (χ4n) is 3.34. The van der Waals surface area contributed by atoms with Crippen molar-refractivity contribution < 1.29 is 26.0 Å². The zero-order valence-electron chi connectivity index (χ0n) is 15.3. The molecule has 152 valence electrons. The van der Waals surface area contributed by atoms with E-state index >= 15 is 0 Å². The monoisotopic (exact) mass is 427 g/mol. The Kier molecular flexibility index (Phi) is 6.07. The number of hydrogen-bond donors (Lipinski definition) is 1. The second-order valence-corrected chi connectivity index (χ2v) is 11.1. The Balaban J connectivity index is 1.74. The summed E-state index contributed by atoms with van der Waals surface area (Å²) in [6, 6.07) is 11.2. The average Bonchev–Trinajstić information content (AvgIpc) is 2.97. The maximum absolute atomic E-state index is 13.1. The molecule has 0 unspecified atom stereocenters. The topological polar surface area (TPSA) is 89.5 Å². The van der Waals surface area contributed by atoms with Crippen LogP contribution >= 0.6 is 0 Å². The Morgan fingerprint density at radius 1 is 1.14 bits per heavy atom. The summed E-state index contributed by atoms with van der Waals surface area (Å²) in [5.41, 5.74) is 0.991. The van der Waals surface area contributed by atoms with Crippen molar-refractivity contribution in [1.29, 1.82) is 0 Å². The van der Waals surface area contributed by atoms with Gasteiger partial charge in [-0.3, -0.25) is 0 Å². The standard InChI is InChI=1S/C19H22FNO5S2/c1-26-16-4-2-3-14(11-16)9-10-21-18-12-27(22,23)13-19(18)28(24,25)17-7-5-15(20)6-8-17/h2-8,11,18-19,21H,9-10,12-13H2,1H3/t18-,19-/m1/s1. The van der Waals surface area contributed by atoms with Crippen LogP contribution in [0.1, 0.15) is 5.56 Å². The second kappa shape index (κ2) is 8.18. The molecule has 2 aromatic carbocycles. The number of rotatable bonds is 7. The molecule has 1 fully saturated rings. The Morgan fingerprint density at radius 3 is 2.54 bits per heavy atom. The van der Waals surface area contributed by atoms with Gasteiger partial charge < -0.3 is 10.1 Å². The first-order valence-electron chi connectivity index (χ1n) is 8.77. The number of sulfone groups is 2. The van der Waals surface area contributed by atoms with E-state index in [0.717, 1.165) is 23.4 Å². The van der Waals surface area contributed by atoms with Crippen LogP contribution in [0.3, 0.4) is 0 Å². The molecule has 0 spiro atoms. The average molecular weight is 428 g/mol. The third-order valence-electron chi connectivity index (χ3n) is 4.80. The summed E-state index contributed by atoms with van der Waals surface area (Å²) in [5.74, 6) is -0.511. The molecule has 0 aliphatic carbocycles. The molecule has 0 saturated carbocycles. The van der Waals surface area contributed by atoms with Crippen LogP contribution < -0.4 is 10.1 Å². The van der Waals surface area contributed by atoms with E-state index in [0.29, 0.717) is 13.0 Å². The molecule has 6 nitrogen and oxygen atoms in total. The molecule has 1 saturated heterocycles. The third kappa shape index (κ3) is 4.71. The van der Waals surface area contributed by atoms with Gasteiger partial charge in [0.2, 0.25) is 0 Å². The van der Waals surface area contributed by atoms with Crippen LogP contribution in [0, 0.1) is 5.82 Å². The highest BCUT2D eigenvalue weighted by Crippen LogP contribution is 2.26. The summed E-state index contributed by atoms with van der Waals surface area (Å²) in [6.45, 7) is 0.419. The quantitative estimate of drug-likeness (QED) is 0.676. The summed E-state index contributed by atoms with van der Waals surface area (Å²) in [6.07, 6.45) is 0.594. The number of hydrogen-bond acceptors (Lipinski definition) is 6. The van der Waals surface area contributed by atoms with Gasteiger partial charge in [0.15, 0.2) is 19.7 Å². The molecular weight excluding hydrogens is 405 g/mol. The van der Waals surface area contributed by atoms with E-state index in [1.54, 1.807) is 7.11 Å². The molecular formula is C19H22FNO5S2. The Morgan fingerprint density at radius 2 is 1.86 bits per heavy atom. The largest absolute Gasteiger partial charge is 0.497 e. The van der Waals surface area contributed by atoms with Gasteiger partial charge >= 0.3 is 0 Å². The van der Waals surface area contributed by atoms with Crippen molar-refractivity contribution in [3.63, 3.8) is 0 Å². The second-order valence-electron chi connectivity index (χ2n) is 6.78. The lowest BCUT2D eigenvalue weighted by molar-refractivity contribution is 0.414. The van der Waals surface area contributed by atoms with Crippen molar-refractivity contribution in [1.82, 2.24) is 5.32 Å². The van der Waals surface area contributed by atoms with Gasteiger partial charge in [0.05, 0.1) is 28.8 Å². The lowest BCUT2D eigenvalue weighted by Gasteiger charge is -2.20. The molecule has 0 radical (unpaired) electrons. The fraction of sp³-hybridized carbons (Fsp3) is 0.368. The minimum Gasteiger partial charge on any atom is -0.497 e. The van der Waals surface area contributed by atoms with Crippen LogP contribution in [-0.4, -0.2) is 53.3 Å². The van der Waals surface area contributed by atoms with Crippen molar-refractivity contribution in [2.24, 2.45) is 0 Å². The van der Waals surface area contributed by atoms with Gasteiger partial charge in [-0.15, -0.1) is 0 Å². The van der Waals surface area contributed by atoms with Gasteiger partial charge in [0.25, 0.3) is 0 Å². The maximum Gasteiger partial charge on any atom is 0.183 e. The van der Waals surface area contributed by atoms with Crippen molar-refractivity contribution in [3.8, 4) is 5.75 Å². The molecule has 3 rings (SSSR count). The van der Waals surface area contributed by atoms with Crippen LogP contribution in [0.4, 0.5) is 4.39 Å². The van der Waals surface area contributed by atoms with Crippen LogP contribution in [-0.2, 0) is 26.1 Å². The van der Waals surface area contributed by atoms with Gasteiger partial charge in [0, 0.05) is 6.04 Å². The number of benzene rings is 2. The molecule has 0 bridgehead atoms. The highest BCUT2D eigenvalue weighted by atomic mass is 32.2. The van der Waals surface area contributed by atoms with Crippen molar-refractivity contribution in [2.45, 2.75) is 22.6 Å². The van der Waals surface area contributed by atoms with E-state index < -0.39 is 42.5 Å². The molecule has 1 N–H and O–H groups in total.